The zero-order chi connectivity index (χ0) is 17.0. The quantitative estimate of drug-likeness (QED) is 0.768. The Morgan fingerprint density at radius 1 is 1.46 bits per heavy atom. The molecule has 0 radical (unpaired) electrons. The Bertz CT molecular complexity index is 682. The van der Waals surface area contributed by atoms with Crippen LogP contribution in [0.25, 0.3) is 0 Å². The van der Waals surface area contributed by atoms with E-state index < -0.39 is 16.0 Å². The Morgan fingerprint density at radius 3 is 2.83 bits per heavy atom. The monoisotopic (exact) mass is 396 g/mol. The summed E-state index contributed by atoms with van der Waals surface area (Å²) in [4.78, 5) is 10.8. The lowest BCUT2D eigenvalue weighted by Gasteiger charge is -2.32. The van der Waals surface area contributed by atoms with E-state index in [9.17, 15) is 13.2 Å². The van der Waals surface area contributed by atoms with Gasteiger partial charge in [-0.1, -0.05) is 17.7 Å². The summed E-state index contributed by atoms with van der Waals surface area (Å²) in [6, 6.07) is 4.88. The van der Waals surface area contributed by atoms with Crippen molar-refractivity contribution >= 4 is 40.0 Å². The molecule has 1 fully saturated rings. The highest BCUT2D eigenvalue weighted by atomic mass is 35.5. The summed E-state index contributed by atoms with van der Waals surface area (Å²) in [7, 11) is -3.58. The second-order valence-corrected chi connectivity index (χ2v) is 8.07. The van der Waals surface area contributed by atoms with Crippen molar-refractivity contribution in [3.05, 3.63) is 28.8 Å². The molecule has 1 aliphatic rings. The Hall–Kier alpha value is -0.860. The summed E-state index contributed by atoms with van der Waals surface area (Å²) in [6.07, 6.45) is 1.64. The maximum absolute atomic E-state index is 12.8. The Kier molecular flexibility index (Phi) is 7.95. The van der Waals surface area contributed by atoms with Crippen LogP contribution in [0.4, 0.5) is 0 Å². The van der Waals surface area contributed by atoms with E-state index in [0.29, 0.717) is 30.2 Å². The minimum atomic E-state index is -3.58. The molecule has 1 aromatic rings. The second-order valence-electron chi connectivity index (χ2n) is 5.76. The maximum atomic E-state index is 12.8. The van der Waals surface area contributed by atoms with Gasteiger partial charge in [-0.25, -0.2) is 8.42 Å². The molecule has 2 rings (SSSR count). The summed E-state index contributed by atoms with van der Waals surface area (Å²) in [5, 5.41) is 11.9. The van der Waals surface area contributed by atoms with Crippen molar-refractivity contribution < 1.29 is 18.3 Å². The topological polar surface area (TPSA) is 86.7 Å². The van der Waals surface area contributed by atoms with Crippen molar-refractivity contribution in [3.63, 3.8) is 0 Å². The number of carbonyl (C=O) groups is 1. The molecule has 1 aliphatic heterocycles. The van der Waals surface area contributed by atoms with Gasteiger partial charge >= 0.3 is 5.97 Å². The van der Waals surface area contributed by atoms with E-state index in [1.807, 2.05) is 0 Å². The van der Waals surface area contributed by atoms with E-state index in [4.69, 9.17) is 16.7 Å². The second kappa shape index (κ2) is 9.01. The Labute approximate surface area is 153 Å². The number of nitrogens with one attached hydrogen (secondary N) is 1. The molecule has 0 aromatic heterocycles. The maximum Gasteiger partial charge on any atom is 0.317 e. The van der Waals surface area contributed by atoms with Gasteiger partial charge in [-0.15, -0.1) is 12.4 Å². The number of sulfonamides is 1. The van der Waals surface area contributed by atoms with Crippen LogP contribution in [0.1, 0.15) is 18.4 Å². The van der Waals surface area contributed by atoms with Crippen LogP contribution in [0.5, 0.6) is 0 Å². The van der Waals surface area contributed by atoms with Crippen LogP contribution >= 0.6 is 24.0 Å². The van der Waals surface area contributed by atoms with Crippen molar-refractivity contribution in [3.8, 4) is 0 Å². The lowest BCUT2D eigenvalue weighted by Crippen LogP contribution is -2.43. The molecule has 1 saturated heterocycles. The molecule has 1 heterocycles. The number of aliphatic carboxylic acids is 1. The summed E-state index contributed by atoms with van der Waals surface area (Å²) in [5.74, 6) is -0.808. The third-order valence-electron chi connectivity index (χ3n) is 4.03. The third kappa shape index (κ3) is 5.07. The van der Waals surface area contributed by atoms with Gasteiger partial charge in [0.2, 0.25) is 10.0 Å². The standard InChI is InChI=1S/C15H21ClN2O4S.ClH/c1-11-13(16)5-2-6-14(11)23(21,22)18-7-3-4-12(10-18)8-17-9-15(19)20;/h2,5-6,12,17H,3-4,7-10H2,1H3,(H,19,20);1H. The number of hydrogen-bond donors (Lipinski definition) is 2. The fraction of sp³-hybridized carbons (Fsp3) is 0.533. The van der Waals surface area contributed by atoms with Gasteiger partial charge in [-0.05, 0) is 49.9 Å². The highest BCUT2D eigenvalue weighted by Gasteiger charge is 2.31. The smallest absolute Gasteiger partial charge is 0.317 e. The van der Waals surface area contributed by atoms with Crippen LogP contribution in [0.3, 0.4) is 0 Å². The predicted octanol–water partition coefficient (Wildman–Crippen LogP) is 2.15. The van der Waals surface area contributed by atoms with Gasteiger partial charge in [0.1, 0.15) is 0 Å². The van der Waals surface area contributed by atoms with Gasteiger partial charge in [0, 0.05) is 18.1 Å². The van der Waals surface area contributed by atoms with Gasteiger partial charge < -0.3 is 10.4 Å². The molecule has 0 amide bonds. The number of piperidine rings is 1. The molecule has 0 bridgehead atoms. The molecule has 1 atom stereocenters. The van der Waals surface area contributed by atoms with Crippen molar-refractivity contribution in [2.24, 2.45) is 5.92 Å². The molecule has 0 aliphatic carbocycles. The van der Waals surface area contributed by atoms with Crippen LogP contribution in [0.2, 0.25) is 5.02 Å². The van der Waals surface area contributed by atoms with Crippen LogP contribution in [-0.2, 0) is 14.8 Å². The summed E-state index contributed by atoms with van der Waals surface area (Å²) >= 11 is 6.04. The van der Waals surface area contributed by atoms with Crippen molar-refractivity contribution in [1.82, 2.24) is 9.62 Å². The van der Waals surface area contributed by atoms with E-state index >= 15 is 0 Å². The summed E-state index contributed by atoms with van der Waals surface area (Å²) in [6.45, 7) is 2.94. The molecular formula is C15H22Cl2N2O4S. The van der Waals surface area contributed by atoms with Crippen LogP contribution < -0.4 is 5.32 Å². The molecular weight excluding hydrogens is 375 g/mol. The average molecular weight is 397 g/mol. The molecule has 1 unspecified atom stereocenters. The number of carboxylic acids is 1. The minimum absolute atomic E-state index is 0. The first-order valence-corrected chi connectivity index (χ1v) is 9.32. The first-order chi connectivity index (χ1) is 10.8. The van der Waals surface area contributed by atoms with Crippen LogP contribution in [0, 0.1) is 12.8 Å². The molecule has 2 N–H and O–H groups in total. The fourth-order valence-corrected chi connectivity index (χ4v) is 4.83. The lowest BCUT2D eigenvalue weighted by atomic mass is 10.00. The summed E-state index contributed by atoms with van der Waals surface area (Å²) < 4.78 is 27.2. The van der Waals surface area contributed by atoms with Crippen molar-refractivity contribution in [1.29, 1.82) is 0 Å². The zero-order valence-electron chi connectivity index (χ0n) is 13.4. The number of carboxylic acid groups (broad SMARTS) is 1. The van der Waals surface area contributed by atoms with Gasteiger partial charge in [0.15, 0.2) is 0 Å². The van der Waals surface area contributed by atoms with Crippen molar-refractivity contribution in [2.45, 2.75) is 24.7 Å². The molecule has 24 heavy (non-hydrogen) atoms. The first kappa shape index (κ1) is 21.2. The van der Waals surface area contributed by atoms with Crippen LogP contribution in [0.15, 0.2) is 23.1 Å². The van der Waals surface area contributed by atoms with Crippen molar-refractivity contribution in [2.75, 3.05) is 26.2 Å². The molecule has 1 aromatic carbocycles. The molecule has 6 nitrogen and oxygen atoms in total. The van der Waals surface area contributed by atoms with Crippen LogP contribution in [-0.4, -0.2) is 50.0 Å². The van der Waals surface area contributed by atoms with Gasteiger partial charge in [-0.2, -0.15) is 4.31 Å². The number of benzene rings is 1. The highest BCUT2D eigenvalue weighted by Crippen LogP contribution is 2.28. The van der Waals surface area contributed by atoms with E-state index in [0.717, 1.165) is 12.8 Å². The molecule has 0 saturated carbocycles. The summed E-state index contributed by atoms with van der Waals surface area (Å²) in [5.41, 5.74) is 0.556. The average Bonchev–Trinajstić information content (AvgIpc) is 2.50. The number of halogens is 2. The Balaban J connectivity index is 0.00000288. The SMILES string of the molecule is Cc1c(Cl)cccc1S(=O)(=O)N1CCCC(CNCC(=O)O)C1.Cl. The molecule has 136 valence electrons. The van der Waals surface area contributed by atoms with E-state index in [-0.39, 0.29) is 29.8 Å². The largest absolute Gasteiger partial charge is 0.480 e. The third-order valence-corrected chi connectivity index (χ3v) is 6.45. The molecule has 9 heteroatoms. The predicted molar refractivity (Wildman–Crippen MR) is 95.4 cm³/mol. The normalized spacial score (nSPS) is 18.8. The fourth-order valence-electron chi connectivity index (χ4n) is 2.80. The van der Waals surface area contributed by atoms with E-state index in [2.05, 4.69) is 5.32 Å². The zero-order valence-corrected chi connectivity index (χ0v) is 15.8. The Morgan fingerprint density at radius 2 is 2.17 bits per heavy atom. The number of nitrogens with zero attached hydrogens (tertiary/aromatic N) is 1. The number of rotatable bonds is 6. The number of hydrogen-bond acceptors (Lipinski definition) is 4. The first-order valence-electron chi connectivity index (χ1n) is 7.50. The minimum Gasteiger partial charge on any atom is -0.480 e. The van der Waals surface area contributed by atoms with E-state index in [1.165, 1.54) is 4.31 Å². The molecule has 0 spiro atoms. The van der Waals surface area contributed by atoms with Gasteiger partial charge in [0.05, 0.1) is 11.4 Å². The van der Waals surface area contributed by atoms with Gasteiger partial charge in [0.25, 0.3) is 0 Å². The lowest BCUT2D eigenvalue weighted by molar-refractivity contribution is -0.136. The van der Waals surface area contributed by atoms with E-state index in [1.54, 1.807) is 25.1 Å². The highest BCUT2D eigenvalue weighted by molar-refractivity contribution is 7.89. The van der Waals surface area contributed by atoms with Gasteiger partial charge in [-0.3, -0.25) is 4.79 Å².